The van der Waals surface area contributed by atoms with Gasteiger partial charge in [-0.3, -0.25) is 0 Å². The smallest absolute Gasteiger partial charge is 0.226 e. The number of halogens is 2. The van der Waals surface area contributed by atoms with E-state index in [4.69, 9.17) is 13.1 Å². The van der Waals surface area contributed by atoms with Gasteiger partial charge >= 0.3 is 0 Å². The van der Waals surface area contributed by atoms with Gasteiger partial charge in [0, 0.05) is 20.9 Å². The van der Waals surface area contributed by atoms with Crippen molar-refractivity contribution in [1.29, 1.82) is 10.5 Å². The molecule has 0 saturated carbocycles. The van der Waals surface area contributed by atoms with Crippen molar-refractivity contribution in [2.75, 3.05) is 0 Å². The van der Waals surface area contributed by atoms with E-state index in [0.717, 1.165) is 9.75 Å². The third-order valence-electron chi connectivity index (χ3n) is 5.31. The van der Waals surface area contributed by atoms with Gasteiger partial charge in [0.25, 0.3) is 11.4 Å². The molecule has 2 aromatic carbocycles. The number of fused-ring (bicyclic) bond motifs is 7. The van der Waals surface area contributed by atoms with Crippen LogP contribution in [0.5, 0.6) is 0 Å². The normalized spacial score (nSPS) is 15.4. The fourth-order valence-corrected chi connectivity index (χ4v) is 5.56. The Hall–Kier alpha value is -4.56. The maximum absolute atomic E-state index is 14.1. The lowest BCUT2D eigenvalue weighted by atomic mass is 9.94. The van der Waals surface area contributed by atoms with Gasteiger partial charge in [-0.05, 0) is 57.6 Å². The highest BCUT2D eigenvalue weighted by molar-refractivity contribution is 7.20. The highest BCUT2D eigenvalue weighted by atomic mass is 32.1. The molecule has 0 amide bonds. The number of thiophene rings is 1. The van der Waals surface area contributed by atoms with Crippen LogP contribution in [-0.2, 0) is 0 Å². The Kier molecular flexibility index (Phi) is 3.86. The van der Waals surface area contributed by atoms with Crippen molar-refractivity contribution in [3.8, 4) is 33.0 Å². The molecule has 0 N–H and O–H groups in total. The van der Waals surface area contributed by atoms with E-state index in [-0.39, 0.29) is 22.5 Å². The molecule has 0 unspecified atom stereocenters. The van der Waals surface area contributed by atoms with Gasteiger partial charge in [0.05, 0.1) is 25.3 Å². The van der Waals surface area contributed by atoms with E-state index in [1.807, 2.05) is 12.1 Å². The minimum atomic E-state index is -0.509. The van der Waals surface area contributed by atoms with Gasteiger partial charge in [0.2, 0.25) is 0 Å². The SMILES string of the molecule is [C-]#[N+]/C(C#N)=C1/c2cc(F)ccc2-c2sc3c(c21)/C(=C(\C#N)[N+]#[C-])c1cc(F)ccc1-3. The lowest BCUT2D eigenvalue weighted by Gasteiger charge is -2.08. The molecule has 1 heterocycles. The Morgan fingerprint density at radius 3 is 1.52 bits per heavy atom. The standard InChI is InChI=1S/C24H6F2N4S/c1-29-17(9-27)19-15-7-11(25)3-5-13(15)23-21(19)22-20(18(10-28)30-2)16-8-12(26)4-6-14(16)24(22)31-23/h3-8H/b19-17-,20-18+. The van der Waals surface area contributed by atoms with Gasteiger partial charge in [-0.2, -0.15) is 0 Å². The van der Waals surface area contributed by atoms with E-state index >= 15 is 0 Å². The quantitative estimate of drug-likeness (QED) is 0.215. The Morgan fingerprint density at radius 1 is 0.742 bits per heavy atom. The predicted molar refractivity (Wildman–Crippen MR) is 112 cm³/mol. The average molecular weight is 420 g/mol. The fraction of sp³-hybridized carbons (Fsp3) is 0. The second-order valence-electron chi connectivity index (χ2n) is 6.78. The molecule has 5 rings (SSSR count). The monoisotopic (exact) mass is 420 g/mol. The second kappa shape index (κ2) is 6.48. The summed E-state index contributed by atoms with van der Waals surface area (Å²) in [5.41, 5.74) is 3.31. The lowest BCUT2D eigenvalue weighted by Crippen LogP contribution is -1.93. The Morgan fingerprint density at radius 2 is 1.16 bits per heavy atom. The molecule has 0 fully saturated rings. The summed E-state index contributed by atoms with van der Waals surface area (Å²) in [6.45, 7) is 14.9. The highest BCUT2D eigenvalue weighted by Gasteiger charge is 2.39. The number of nitrogens with zero attached hydrogens (tertiary/aromatic N) is 4. The second-order valence-corrected chi connectivity index (χ2v) is 7.81. The summed E-state index contributed by atoms with van der Waals surface area (Å²) in [5.74, 6) is -1.02. The van der Waals surface area contributed by atoms with E-state index in [2.05, 4.69) is 9.69 Å². The Labute approximate surface area is 179 Å². The first kappa shape index (κ1) is 18.5. The number of rotatable bonds is 0. The molecular weight excluding hydrogens is 414 g/mol. The number of hydrogen-bond acceptors (Lipinski definition) is 3. The number of benzene rings is 2. The van der Waals surface area contributed by atoms with Crippen LogP contribution < -0.4 is 0 Å². The number of allylic oxidation sites excluding steroid dienone is 2. The van der Waals surface area contributed by atoms with Gasteiger partial charge in [-0.25, -0.2) is 29.0 Å². The molecule has 0 saturated heterocycles. The predicted octanol–water partition coefficient (Wildman–Crippen LogP) is 6.39. The molecule has 1 aromatic heterocycles. The highest BCUT2D eigenvalue weighted by Crippen LogP contribution is 2.61. The van der Waals surface area contributed by atoms with Crippen molar-refractivity contribution >= 4 is 22.5 Å². The summed E-state index contributed by atoms with van der Waals surface area (Å²) in [6, 6.07) is 12.1. The Bertz CT molecular complexity index is 1440. The molecule has 4 nitrogen and oxygen atoms in total. The van der Waals surface area contributed by atoms with E-state index in [9.17, 15) is 19.3 Å². The summed E-state index contributed by atoms with van der Waals surface area (Å²) in [4.78, 5) is 8.13. The van der Waals surface area contributed by atoms with Crippen LogP contribution in [0.1, 0.15) is 22.3 Å². The third kappa shape index (κ3) is 2.33. The van der Waals surface area contributed by atoms with E-state index in [0.29, 0.717) is 33.4 Å². The average Bonchev–Trinajstić information content (AvgIpc) is 3.37. The molecule has 31 heavy (non-hydrogen) atoms. The van der Waals surface area contributed by atoms with Crippen molar-refractivity contribution in [1.82, 2.24) is 0 Å². The zero-order valence-electron chi connectivity index (χ0n) is 15.4. The van der Waals surface area contributed by atoms with E-state index in [1.54, 1.807) is 12.1 Å². The zero-order chi connectivity index (χ0) is 21.9. The summed E-state index contributed by atoms with van der Waals surface area (Å²) in [6.07, 6.45) is 0. The van der Waals surface area contributed by atoms with Crippen molar-refractivity contribution in [3.63, 3.8) is 0 Å². The third-order valence-corrected chi connectivity index (χ3v) is 6.56. The minimum absolute atomic E-state index is 0.214. The van der Waals surface area contributed by atoms with Crippen LogP contribution in [0.3, 0.4) is 0 Å². The first-order valence-corrected chi connectivity index (χ1v) is 9.67. The van der Waals surface area contributed by atoms with Crippen molar-refractivity contribution in [3.05, 3.63) is 105 Å². The minimum Gasteiger partial charge on any atom is -0.226 e. The van der Waals surface area contributed by atoms with Crippen LogP contribution in [0.15, 0.2) is 47.8 Å². The molecule has 0 bridgehead atoms. The molecule has 2 aliphatic rings. The zero-order valence-corrected chi connectivity index (χ0v) is 16.2. The lowest BCUT2D eigenvalue weighted by molar-refractivity contribution is 0.627. The molecule has 142 valence electrons. The van der Waals surface area contributed by atoms with E-state index < -0.39 is 11.6 Å². The van der Waals surface area contributed by atoms with Gasteiger partial charge in [-0.1, -0.05) is 12.1 Å². The number of nitriles is 2. The van der Waals surface area contributed by atoms with Gasteiger partial charge in [0.15, 0.2) is 0 Å². The largest absolute Gasteiger partial charge is 0.270 e. The van der Waals surface area contributed by atoms with Gasteiger partial charge in [-0.15, -0.1) is 11.3 Å². The van der Waals surface area contributed by atoms with Crippen LogP contribution in [0.4, 0.5) is 8.78 Å². The first-order chi connectivity index (χ1) is 15.0. The van der Waals surface area contributed by atoms with Crippen LogP contribution in [0.25, 0.3) is 41.7 Å². The van der Waals surface area contributed by atoms with Crippen LogP contribution in [0, 0.1) is 47.4 Å². The first-order valence-electron chi connectivity index (χ1n) is 8.85. The molecule has 0 radical (unpaired) electrons. The summed E-state index contributed by atoms with van der Waals surface area (Å²) < 4.78 is 28.1. The molecule has 0 atom stereocenters. The van der Waals surface area contributed by atoms with Gasteiger partial charge in [0.1, 0.15) is 11.6 Å². The molecule has 0 spiro atoms. The van der Waals surface area contributed by atoms with Gasteiger partial charge < -0.3 is 0 Å². The summed E-state index contributed by atoms with van der Waals surface area (Å²) in [7, 11) is 0. The molecule has 3 aromatic rings. The van der Waals surface area contributed by atoms with E-state index in [1.165, 1.54) is 35.6 Å². The maximum Gasteiger partial charge on any atom is 0.270 e. The molecule has 0 aliphatic heterocycles. The van der Waals surface area contributed by atoms with Crippen molar-refractivity contribution < 1.29 is 8.78 Å². The topological polar surface area (TPSA) is 56.3 Å². The fourth-order valence-electron chi connectivity index (χ4n) is 4.17. The summed E-state index contributed by atoms with van der Waals surface area (Å²) >= 11 is 1.35. The number of hydrogen-bond donors (Lipinski definition) is 0. The van der Waals surface area contributed by atoms with Crippen LogP contribution in [-0.4, -0.2) is 0 Å². The van der Waals surface area contributed by atoms with Crippen molar-refractivity contribution in [2.24, 2.45) is 0 Å². The molecular formula is C24H6F2N4S. The van der Waals surface area contributed by atoms with Crippen molar-refractivity contribution in [2.45, 2.75) is 0 Å². The Balaban J connectivity index is 1.99. The van der Waals surface area contributed by atoms with Crippen LogP contribution >= 0.6 is 11.3 Å². The van der Waals surface area contributed by atoms with Crippen LogP contribution in [0.2, 0.25) is 0 Å². The molecule has 2 aliphatic carbocycles. The summed E-state index contributed by atoms with van der Waals surface area (Å²) in [5, 5.41) is 19.2. The maximum atomic E-state index is 14.1. The molecule has 7 heteroatoms.